The molecular weight excluding hydrogens is 230 g/mol. The summed E-state index contributed by atoms with van der Waals surface area (Å²) in [7, 11) is -3.70. The van der Waals surface area contributed by atoms with Crippen molar-refractivity contribution in [1.82, 2.24) is 0 Å². The number of unbranched alkanes of at least 4 members (excludes halogenated alkanes) is 2. The van der Waals surface area contributed by atoms with E-state index in [1.165, 1.54) is 6.92 Å². The number of thiol groups is 1. The number of hydrogen-bond donors (Lipinski definition) is 1. The SMILES string of the molecule is CC(=O)OCCCCCC(F)(F)[SH](=O)=O. The summed E-state index contributed by atoms with van der Waals surface area (Å²) in [4.78, 5) is 10.3. The largest absolute Gasteiger partial charge is 0.466 e. The van der Waals surface area contributed by atoms with E-state index in [1.54, 1.807) is 0 Å². The second kappa shape index (κ2) is 6.71. The van der Waals surface area contributed by atoms with Crippen LogP contribution in [0.2, 0.25) is 0 Å². The summed E-state index contributed by atoms with van der Waals surface area (Å²) in [5, 5.41) is -3.61. The summed E-state index contributed by atoms with van der Waals surface area (Å²) >= 11 is 0. The molecule has 90 valence electrons. The van der Waals surface area contributed by atoms with Gasteiger partial charge < -0.3 is 4.74 Å². The molecule has 0 fully saturated rings. The number of halogens is 2. The second-order valence-corrected chi connectivity index (χ2v) is 4.24. The zero-order chi connectivity index (χ0) is 11.9. The molecular formula is C8H14F2O4S. The van der Waals surface area contributed by atoms with Crippen molar-refractivity contribution >= 4 is 16.7 Å². The monoisotopic (exact) mass is 244 g/mol. The van der Waals surface area contributed by atoms with Crippen molar-refractivity contribution in [1.29, 1.82) is 0 Å². The third kappa shape index (κ3) is 7.24. The Morgan fingerprint density at radius 1 is 1.27 bits per heavy atom. The van der Waals surface area contributed by atoms with Crippen LogP contribution in [0.4, 0.5) is 8.78 Å². The van der Waals surface area contributed by atoms with E-state index in [0.717, 1.165) is 0 Å². The average molecular weight is 244 g/mol. The minimum absolute atomic E-state index is 0.0948. The normalized spacial score (nSPS) is 11.7. The molecule has 0 spiro atoms. The Morgan fingerprint density at radius 3 is 2.33 bits per heavy atom. The Balaban J connectivity index is 3.51. The first-order valence-corrected chi connectivity index (χ1v) is 5.69. The number of carbonyl (C=O) groups is 1. The van der Waals surface area contributed by atoms with Gasteiger partial charge in [-0.05, 0) is 19.3 Å². The van der Waals surface area contributed by atoms with Gasteiger partial charge in [0.1, 0.15) is 0 Å². The first-order chi connectivity index (χ1) is 6.86. The summed E-state index contributed by atoms with van der Waals surface area (Å²) in [6.07, 6.45) is 0.292. The molecule has 0 saturated heterocycles. The Kier molecular flexibility index (Phi) is 6.38. The van der Waals surface area contributed by atoms with Gasteiger partial charge in [0.2, 0.25) is 10.7 Å². The van der Waals surface area contributed by atoms with Crippen molar-refractivity contribution in [3.05, 3.63) is 0 Å². The molecule has 4 nitrogen and oxygen atoms in total. The van der Waals surface area contributed by atoms with Crippen molar-refractivity contribution in [3.8, 4) is 0 Å². The molecule has 0 atom stereocenters. The van der Waals surface area contributed by atoms with Gasteiger partial charge in [0.15, 0.2) is 0 Å². The van der Waals surface area contributed by atoms with Crippen molar-refractivity contribution in [2.24, 2.45) is 0 Å². The fourth-order valence-corrected chi connectivity index (χ4v) is 1.26. The molecule has 0 aromatic heterocycles. The Hall–Kier alpha value is -0.720. The predicted molar refractivity (Wildman–Crippen MR) is 50.4 cm³/mol. The first kappa shape index (κ1) is 14.3. The van der Waals surface area contributed by atoms with E-state index in [1.807, 2.05) is 0 Å². The molecule has 0 aliphatic rings. The maximum absolute atomic E-state index is 12.5. The van der Waals surface area contributed by atoms with Crippen LogP contribution in [0.15, 0.2) is 0 Å². The van der Waals surface area contributed by atoms with E-state index < -0.39 is 28.3 Å². The third-order valence-corrected chi connectivity index (χ3v) is 2.45. The zero-order valence-electron chi connectivity index (χ0n) is 8.37. The van der Waals surface area contributed by atoms with Crippen LogP contribution in [0.3, 0.4) is 0 Å². The smallest absolute Gasteiger partial charge is 0.343 e. The van der Waals surface area contributed by atoms with Gasteiger partial charge in [0.25, 0.3) is 0 Å². The number of hydrogen-bond acceptors (Lipinski definition) is 4. The van der Waals surface area contributed by atoms with Crippen molar-refractivity contribution in [2.45, 2.75) is 37.9 Å². The summed E-state index contributed by atoms with van der Waals surface area (Å²) in [6, 6.07) is 0. The van der Waals surface area contributed by atoms with Gasteiger partial charge >= 0.3 is 11.2 Å². The molecule has 0 bridgehead atoms. The van der Waals surface area contributed by atoms with Crippen LogP contribution in [-0.2, 0) is 20.2 Å². The molecule has 0 rings (SSSR count). The highest BCUT2D eigenvalue weighted by atomic mass is 32.2. The fraction of sp³-hybridized carbons (Fsp3) is 0.875. The van der Waals surface area contributed by atoms with Crippen LogP contribution in [0.5, 0.6) is 0 Å². The van der Waals surface area contributed by atoms with Crippen LogP contribution in [-0.4, -0.2) is 26.2 Å². The lowest BCUT2D eigenvalue weighted by Gasteiger charge is -2.08. The van der Waals surface area contributed by atoms with Crippen molar-refractivity contribution < 1.29 is 26.7 Å². The predicted octanol–water partition coefficient (Wildman–Crippen LogP) is 1.31. The van der Waals surface area contributed by atoms with Gasteiger partial charge in [-0.25, -0.2) is 8.42 Å². The van der Waals surface area contributed by atoms with Gasteiger partial charge in [-0.15, -0.1) is 0 Å². The van der Waals surface area contributed by atoms with Gasteiger partial charge in [-0.3, -0.25) is 4.79 Å². The molecule has 0 amide bonds. The van der Waals surface area contributed by atoms with Crippen LogP contribution in [0, 0.1) is 0 Å². The number of rotatable bonds is 7. The number of carbonyl (C=O) groups excluding carboxylic acids is 1. The molecule has 0 aliphatic carbocycles. The maximum Gasteiger partial charge on any atom is 0.343 e. The topological polar surface area (TPSA) is 60.4 Å². The summed E-state index contributed by atoms with van der Waals surface area (Å²) in [5.74, 6) is -0.414. The zero-order valence-corrected chi connectivity index (χ0v) is 9.27. The van der Waals surface area contributed by atoms with Gasteiger partial charge in [0.05, 0.1) is 6.61 Å². The molecule has 0 saturated carbocycles. The van der Waals surface area contributed by atoms with E-state index in [2.05, 4.69) is 4.74 Å². The number of ether oxygens (including phenoxy) is 1. The lowest BCUT2D eigenvalue weighted by Crippen LogP contribution is -2.17. The molecule has 0 radical (unpaired) electrons. The fourth-order valence-electron chi connectivity index (χ4n) is 0.924. The minimum atomic E-state index is -3.70. The summed E-state index contributed by atoms with van der Waals surface area (Å²) < 4.78 is 49.7. The standard InChI is InChI=1S/C8H14F2O4S/c1-7(11)14-6-4-2-3-5-8(9,10)15(12)13/h15H,2-6H2,1H3. The molecule has 0 unspecified atom stereocenters. The van der Waals surface area contributed by atoms with E-state index >= 15 is 0 Å². The van der Waals surface area contributed by atoms with Crippen LogP contribution in [0.25, 0.3) is 0 Å². The lowest BCUT2D eigenvalue weighted by atomic mass is 10.2. The molecule has 7 heteroatoms. The van der Waals surface area contributed by atoms with Gasteiger partial charge in [-0.1, -0.05) is 0 Å². The van der Waals surface area contributed by atoms with Gasteiger partial charge in [-0.2, -0.15) is 8.78 Å². The van der Waals surface area contributed by atoms with Crippen LogP contribution < -0.4 is 0 Å². The third-order valence-electron chi connectivity index (χ3n) is 1.69. The maximum atomic E-state index is 12.5. The molecule has 0 aromatic carbocycles. The van der Waals surface area contributed by atoms with Crippen LogP contribution >= 0.6 is 0 Å². The van der Waals surface area contributed by atoms with Crippen LogP contribution in [0.1, 0.15) is 32.6 Å². The molecule has 0 aliphatic heterocycles. The highest BCUT2D eigenvalue weighted by molar-refractivity contribution is 7.73. The molecule has 15 heavy (non-hydrogen) atoms. The summed E-state index contributed by atoms with van der Waals surface area (Å²) in [6.45, 7) is 1.45. The average Bonchev–Trinajstić information content (AvgIpc) is 2.10. The summed E-state index contributed by atoms with van der Waals surface area (Å²) in [5.41, 5.74) is 0. The minimum Gasteiger partial charge on any atom is -0.466 e. The van der Waals surface area contributed by atoms with Crippen molar-refractivity contribution in [2.75, 3.05) is 6.61 Å². The highest BCUT2D eigenvalue weighted by Crippen LogP contribution is 2.22. The number of alkyl halides is 2. The molecule has 0 heterocycles. The quantitative estimate of drug-likeness (QED) is 0.417. The Labute approximate surface area is 88.6 Å². The number of esters is 1. The molecule has 0 N–H and O–H groups in total. The lowest BCUT2D eigenvalue weighted by molar-refractivity contribution is -0.141. The van der Waals surface area contributed by atoms with Crippen molar-refractivity contribution in [3.63, 3.8) is 0 Å². The Bertz CT molecular complexity index is 268. The second-order valence-electron chi connectivity index (χ2n) is 3.07. The van der Waals surface area contributed by atoms with E-state index in [-0.39, 0.29) is 13.0 Å². The molecule has 0 aromatic rings. The van der Waals surface area contributed by atoms with Gasteiger partial charge in [0, 0.05) is 13.3 Å². The highest BCUT2D eigenvalue weighted by Gasteiger charge is 2.31. The Morgan fingerprint density at radius 2 is 1.87 bits per heavy atom. The first-order valence-electron chi connectivity index (χ1n) is 4.52. The van der Waals surface area contributed by atoms with E-state index in [0.29, 0.717) is 12.8 Å². The van der Waals surface area contributed by atoms with E-state index in [4.69, 9.17) is 0 Å². The van der Waals surface area contributed by atoms with E-state index in [9.17, 15) is 22.0 Å².